The number of aryl methyl sites for hydroxylation is 1. The summed E-state index contributed by atoms with van der Waals surface area (Å²) in [5.41, 5.74) is 1.76. The number of hydrogen-bond acceptors (Lipinski definition) is 5. The minimum absolute atomic E-state index is 0.0607. The van der Waals surface area contributed by atoms with Crippen molar-refractivity contribution in [3.05, 3.63) is 40.3 Å². The SMILES string of the molecule is CCc1ncc(CNc2ccc(NC(=O)COC)cc2)s1. The molecule has 2 aromatic rings. The van der Waals surface area contributed by atoms with Crippen molar-refractivity contribution < 1.29 is 9.53 Å². The maximum atomic E-state index is 11.4. The zero-order valence-corrected chi connectivity index (χ0v) is 13.0. The molecule has 0 aliphatic rings. The number of carbonyl (C=O) groups is 1. The molecule has 0 fully saturated rings. The van der Waals surface area contributed by atoms with E-state index in [1.807, 2.05) is 30.5 Å². The molecule has 0 aliphatic heterocycles. The van der Waals surface area contributed by atoms with Gasteiger partial charge in [-0.2, -0.15) is 0 Å². The van der Waals surface area contributed by atoms with Gasteiger partial charge in [0, 0.05) is 29.6 Å². The van der Waals surface area contributed by atoms with Gasteiger partial charge in [-0.3, -0.25) is 4.79 Å². The van der Waals surface area contributed by atoms with Crippen molar-refractivity contribution in [3.8, 4) is 0 Å². The highest BCUT2D eigenvalue weighted by molar-refractivity contribution is 7.11. The summed E-state index contributed by atoms with van der Waals surface area (Å²) < 4.78 is 4.77. The second kappa shape index (κ2) is 7.75. The van der Waals surface area contributed by atoms with Crippen molar-refractivity contribution in [3.63, 3.8) is 0 Å². The van der Waals surface area contributed by atoms with Crippen LogP contribution in [0, 0.1) is 0 Å². The van der Waals surface area contributed by atoms with E-state index in [1.165, 1.54) is 12.0 Å². The van der Waals surface area contributed by atoms with E-state index >= 15 is 0 Å². The molecule has 1 aromatic heterocycles. The number of methoxy groups -OCH3 is 1. The van der Waals surface area contributed by atoms with Crippen LogP contribution in [0.1, 0.15) is 16.8 Å². The highest BCUT2D eigenvalue weighted by Gasteiger charge is 2.02. The third-order valence-corrected chi connectivity index (χ3v) is 3.96. The molecule has 6 heteroatoms. The fraction of sp³-hybridized carbons (Fsp3) is 0.333. The van der Waals surface area contributed by atoms with Gasteiger partial charge in [0.2, 0.25) is 5.91 Å². The summed E-state index contributed by atoms with van der Waals surface area (Å²) in [5.74, 6) is -0.157. The van der Waals surface area contributed by atoms with Crippen molar-refractivity contribution in [1.82, 2.24) is 4.98 Å². The normalized spacial score (nSPS) is 10.4. The fourth-order valence-electron chi connectivity index (χ4n) is 1.78. The molecule has 0 spiro atoms. The predicted molar refractivity (Wildman–Crippen MR) is 85.8 cm³/mol. The van der Waals surface area contributed by atoms with E-state index in [0.717, 1.165) is 29.3 Å². The predicted octanol–water partition coefficient (Wildman–Crippen LogP) is 2.90. The van der Waals surface area contributed by atoms with Crippen LogP contribution in [0.4, 0.5) is 11.4 Å². The largest absolute Gasteiger partial charge is 0.380 e. The molecule has 0 unspecified atom stereocenters. The summed E-state index contributed by atoms with van der Waals surface area (Å²) in [6.45, 7) is 2.92. The van der Waals surface area contributed by atoms with Crippen molar-refractivity contribution in [2.24, 2.45) is 0 Å². The Kier molecular flexibility index (Phi) is 5.71. The summed E-state index contributed by atoms with van der Waals surface area (Å²) in [7, 11) is 1.50. The van der Waals surface area contributed by atoms with Gasteiger partial charge in [0.25, 0.3) is 0 Å². The quantitative estimate of drug-likeness (QED) is 0.825. The number of thiazole rings is 1. The lowest BCUT2D eigenvalue weighted by Gasteiger charge is -2.07. The number of ether oxygens (including phenoxy) is 1. The van der Waals surface area contributed by atoms with E-state index in [9.17, 15) is 4.79 Å². The second-order valence-corrected chi connectivity index (χ2v) is 5.69. The first-order valence-electron chi connectivity index (χ1n) is 6.77. The Bertz CT molecular complexity index is 581. The van der Waals surface area contributed by atoms with Gasteiger partial charge in [0.05, 0.1) is 11.6 Å². The number of nitrogens with zero attached hydrogens (tertiary/aromatic N) is 1. The Hall–Kier alpha value is -1.92. The molecule has 0 bridgehead atoms. The van der Waals surface area contributed by atoms with Gasteiger partial charge in [0.15, 0.2) is 0 Å². The third-order valence-electron chi connectivity index (χ3n) is 2.81. The van der Waals surface area contributed by atoms with Crippen LogP contribution < -0.4 is 10.6 Å². The molecule has 5 nitrogen and oxygen atoms in total. The summed E-state index contributed by atoms with van der Waals surface area (Å²) >= 11 is 1.72. The first-order chi connectivity index (χ1) is 10.2. The maximum Gasteiger partial charge on any atom is 0.250 e. The van der Waals surface area contributed by atoms with Crippen LogP contribution in [0.25, 0.3) is 0 Å². The van der Waals surface area contributed by atoms with E-state index in [-0.39, 0.29) is 12.5 Å². The minimum Gasteiger partial charge on any atom is -0.380 e. The highest BCUT2D eigenvalue weighted by atomic mass is 32.1. The van der Waals surface area contributed by atoms with Gasteiger partial charge in [-0.1, -0.05) is 6.92 Å². The molecule has 0 saturated heterocycles. The molecule has 21 heavy (non-hydrogen) atoms. The second-order valence-electron chi connectivity index (χ2n) is 4.49. The number of nitrogens with one attached hydrogen (secondary N) is 2. The summed E-state index contributed by atoms with van der Waals surface area (Å²) in [5, 5.41) is 7.25. The molecule has 1 heterocycles. The average Bonchev–Trinajstić information content (AvgIpc) is 2.95. The molecule has 0 aliphatic carbocycles. The van der Waals surface area contributed by atoms with Crippen molar-refractivity contribution >= 4 is 28.6 Å². The summed E-state index contributed by atoms with van der Waals surface area (Å²) in [4.78, 5) is 16.9. The maximum absolute atomic E-state index is 11.4. The van der Waals surface area contributed by atoms with Crippen LogP contribution in [0.15, 0.2) is 30.5 Å². The van der Waals surface area contributed by atoms with Crippen LogP contribution in [-0.2, 0) is 22.5 Å². The highest BCUT2D eigenvalue weighted by Crippen LogP contribution is 2.17. The van der Waals surface area contributed by atoms with Crippen molar-refractivity contribution in [2.45, 2.75) is 19.9 Å². The first-order valence-corrected chi connectivity index (χ1v) is 7.59. The van der Waals surface area contributed by atoms with Gasteiger partial charge in [-0.25, -0.2) is 4.98 Å². The van der Waals surface area contributed by atoms with Crippen LogP contribution in [-0.4, -0.2) is 24.6 Å². The standard InChI is InChI=1S/C15H19N3O2S/c1-3-15-17-9-13(21-15)8-16-11-4-6-12(7-5-11)18-14(19)10-20-2/h4-7,9,16H,3,8,10H2,1-2H3,(H,18,19). The number of carbonyl (C=O) groups excluding carboxylic acids is 1. The Labute approximate surface area is 128 Å². The third kappa shape index (κ3) is 4.84. The molecule has 2 rings (SSSR count). The summed E-state index contributed by atoms with van der Waals surface area (Å²) in [6, 6.07) is 7.59. The molecule has 112 valence electrons. The Balaban J connectivity index is 1.85. The van der Waals surface area contributed by atoms with Gasteiger partial charge in [-0.15, -0.1) is 11.3 Å². The molecule has 1 amide bonds. The van der Waals surface area contributed by atoms with E-state index in [4.69, 9.17) is 4.74 Å². The fourth-order valence-corrected chi connectivity index (χ4v) is 2.58. The molecule has 0 radical (unpaired) electrons. The minimum atomic E-state index is -0.157. The van der Waals surface area contributed by atoms with E-state index in [1.54, 1.807) is 11.3 Å². The number of hydrogen-bond donors (Lipinski definition) is 2. The Morgan fingerprint density at radius 1 is 1.29 bits per heavy atom. The molecular weight excluding hydrogens is 286 g/mol. The lowest BCUT2D eigenvalue weighted by Crippen LogP contribution is -2.16. The van der Waals surface area contributed by atoms with Gasteiger partial charge in [0.1, 0.15) is 6.61 Å². The number of aromatic nitrogens is 1. The number of anilines is 2. The molecule has 0 atom stereocenters. The first kappa shape index (κ1) is 15.5. The lowest BCUT2D eigenvalue weighted by molar-refractivity contribution is -0.119. The zero-order chi connectivity index (χ0) is 15.1. The molecular formula is C15H19N3O2S. The van der Waals surface area contributed by atoms with Crippen molar-refractivity contribution in [1.29, 1.82) is 0 Å². The van der Waals surface area contributed by atoms with E-state index in [0.29, 0.717) is 0 Å². The van der Waals surface area contributed by atoms with E-state index in [2.05, 4.69) is 22.5 Å². The zero-order valence-electron chi connectivity index (χ0n) is 12.2. The van der Waals surface area contributed by atoms with Crippen molar-refractivity contribution in [2.75, 3.05) is 24.4 Å². The number of benzene rings is 1. The van der Waals surface area contributed by atoms with Crippen LogP contribution in [0.2, 0.25) is 0 Å². The Morgan fingerprint density at radius 3 is 2.62 bits per heavy atom. The summed E-state index contributed by atoms with van der Waals surface area (Å²) in [6.07, 6.45) is 2.89. The molecule has 2 N–H and O–H groups in total. The molecule has 0 saturated carbocycles. The molecule has 1 aromatic carbocycles. The number of rotatable bonds is 7. The van der Waals surface area contributed by atoms with Crippen LogP contribution in [0.3, 0.4) is 0 Å². The van der Waals surface area contributed by atoms with Gasteiger partial charge in [-0.05, 0) is 30.7 Å². The van der Waals surface area contributed by atoms with Crippen LogP contribution in [0.5, 0.6) is 0 Å². The van der Waals surface area contributed by atoms with Gasteiger partial charge >= 0.3 is 0 Å². The smallest absolute Gasteiger partial charge is 0.250 e. The van der Waals surface area contributed by atoms with Gasteiger partial charge < -0.3 is 15.4 Å². The monoisotopic (exact) mass is 305 g/mol. The van der Waals surface area contributed by atoms with E-state index < -0.39 is 0 Å². The topological polar surface area (TPSA) is 63.2 Å². The Morgan fingerprint density at radius 2 is 2.00 bits per heavy atom. The van der Waals surface area contributed by atoms with Crippen LogP contribution >= 0.6 is 11.3 Å². The lowest BCUT2D eigenvalue weighted by atomic mass is 10.2. The number of amides is 1. The average molecular weight is 305 g/mol.